The van der Waals surface area contributed by atoms with Gasteiger partial charge in [0.15, 0.2) is 0 Å². The maximum absolute atomic E-state index is 10.9. The SMILES string of the molecule is CCCCCCCCCCCCOC1(C(=O)O)OS(=O)(=O)O1. The molecule has 0 aromatic carbocycles. The molecule has 1 aliphatic rings. The van der Waals surface area contributed by atoms with Gasteiger partial charge in [-0.05, 0) is 6.42 Å². The standard InChI is InChI=1S/C14H26O7S/c1-2-3-4-5-6-7-8-9-10-11-12-19-14(13(15)16)20-22(17,18)21-14/h2-12H2,1H3,(H,15,16). The highest BCUT2D eigenvalue weighted by Gasteiger charge is 2.61. The fraction of sp³-hybridized carbons (Fsp3) is 0.929. The van der Waals surface area contributed by atoms with E-state index in [-0.39, 0.29) is 6.61 Å². The normalized spacial score (nSPS) is 18.8. The zero-order valence-electron chi connectivity index (χ0n) is 13.1. The van der Waals surface area contributed by atoms with Crippen molar-refractivity contribution in [3.63, 3.8) is 0 Å². The molecule has 0 saturated carbocycles. The van der Waals surface area contributed by atoms with E-state index >= 15 is 0 Å². The van der Waals surface area contributed by atoms with Gasteiger partial charge in [-0.15, -0.1) is 0 Å². The van der Waals surface area contributed by atoms with Gasteiger partial charge < -0.3 is 9.84 Å². The molecule has 1 fully saturated rings. The largest absolute Gasteiger partial charge is 0.475 e. The predicted octanol–water partition coefficient (Wildman–Crippen LogP) is 2.95. The zero-order chi connectivity index (χ0) is 16.5. The van der Waals surface area contributed by atoms with Crippen LogP contribution in [0.15, 0.2) is 0 Å². The third-order valence-electron chi connectivity index (χ3n) is 3.48. The van der Waals surface area contributed by atoms with Gasteiger partial charge in [-0.1, -0.05) is 64.7 Å². The maximum atomic E-state index is 10.9. The van der Waals surface area contributed by atoms with Crippen LogP contribution in [0.5, 0.6) is 0 Å². The van der Waals surface area contributed by atoms with E-state index in [1.165, 1.54) is 38.5 Å². The molecule has 22 heavy (non-hydrogen) atoms. The first-order valence-corrected chi connectivity index (χ1v) is 9.29. The number of rotatable bonds is 13. The van der Waals surface area contributed by atoms with Crippen LogP contribution >= 0.6 is 0 Å². The average Bonchev–Trinajstić information content (AvgIpc) is 2.42. The summed E-state index contributed by atoms with van der Waals surface area (Å²) in [4.78, 5) is 10.9. The summed E-state index contributed by atoms with van der Waals surface area (Å²) in [7, 11) is -4.20. The molecule has 0 unspecified atom stereocenters. The highest BCUT2D eigenvalue weighted by molar-refractivity contribution is 7.82. The van der Waals surface area contributed by atoms with Crippen molar-refractivity contribution in [2.45, 2.75) is 77.1 Å². The Bertz CT molecular complexity index is 420. The number of ether oxygens (including phenoxy) is 1. The van der Waals surface area contributed by atoms with Gasteiger partial charge in [-0.25, -0.2) is 4.79 Å². The van der Waals surface area contributed by atoms with E-state index in [0.29, 0.717) is 6.42 Å². The Morgan fingerprint density at radius 1 is 0.955 bits per heavy atom. The lowest BCUT2D eigenvalue weighted by Crippen LogP contribution is -2.58. The van der Waals surface area contributed by atoms with Crippen molar-refractivity contribution < 1.29 is 31.4 Å². The summed E-state index contributed by atoms with van der Waals surface area (Å²) in [5, 5.41) is 8.84. The van der Waals surface area contributed by atoms with Gasteiger partial charge in [-0.3, -0.25) is 0 Å². The molecule has 1 aliphatic heterocycles. The van der Waals surface area contributed by atoms with Crippen LogP contribution in [0.1, 0.15) is 71.1 Å². The molecule has 0 aliphatic carbocycles. The molecule has 0 amide bonds. The summed E-state index contributed by atoms with van der Waals surface area (Å²) in [5.74, 6) is -4.08. The third-order valence-corrected chi connectivity index (χ3v) is 4.32. The van der Waals surface area contributed by atoms with Crippen LogP contribution in [-0.4, -0.2) is 32.1 Å². The monoisotopic (exact) mass is 338 g/mol. The first-order chi connectivity index (χ1) is 10.4. The Kier molecular flexibility index (Phi) is 8.30. The topological polar surface area (TPSA) is 99.1 Å². The van der Waals surface area contributed by atoms with Gasteiger partial charge in [0.25, 0.3) is 0 Å². The highest BCUT2D eigenvalue weighted by atomic mass is 32.3. The van der Waals surface area contributed by atoms with E-state index in [1.807, 2.05) is 0 Å². The minimum atomic E-state index is -4.20. The van der Waals surface area contributed by atoms with Crippen molar-refractivity contribution in [1.29, 1.82) is 0 Å². The van der Waals surface area contributed by atoms with Gasteiger partial charge in [0, 0.05) is 0 Å². The number of hydrogen-bond acceptors (Lipinski definition) is 6. The quantitative estimate of drug-likeness (QED) is 0.515. The summed E-state index contributed by atoms with van der Waals surface area (Å²) in [6, 6.07) is 0. The minimum absolute atomic E-state index is 0.0817. The van der Waals surface area contributed by atoms with Gasteiger partial charge in [-0.2, -0.15) is 16.8 Å². The molecule has 7 nitrogen and oxygen atoms in total. The molecule has 0 aromatic heterocycles. The van der Waals surface area contributed by atoms with Crippen molar-refractivity contribution in [2.75, 3.05) is 6.61 Å². The van der Waals surface area contributed by atoms with Crippen LogP contribution in [0.4, 0.5) is 0 Å². The lowest BCUT2D eigenvalue weighted by molar-refractivity contribution is -0.334. The van der Waals surface area contributed by atoms with Gasteiger partial charge in [0.2, 0.25) is 0 Å². The van der Waals surface area contributed by atoms with Crippen LogP contribution < -0.4 is 0 Å². The Labute approximate surface area is 132 Å². The number of carbonyl (C=O) groups is 1. The van der Waals surface area contributed by atoms with Gasteiger partial charge in [0.1, 0.15) is 0 Å². The molecule has 8 heteroatoms. The van der Waals surface area contributed by atoms with Crippen molar-refractivity contribution >= 4 is 16.4 Å². The van der Waals surface area contributed by atoms with Crippen molar-refractivity contribution in [3.8, 4) is 0 Å². The first kappa shape index (κ1) is 19.3. The molecule has 1 heterocycles. The summed E-state index contributed by atoms with van der Waals surface area (Å²) < 4.78 is 34.7. The molecular weight excluding hydrogens is 312 g/mol. The van der Waals surface area contributed by atoms with Crippen LogP contribution in [0.2, 0.25) is 0 Å². The van der Waals surface area contributed by atoms with Crippen molar-refractivity contribution in [3.05, 3.63) is 0 Å². The molecule has 1 rings (SSSR count). The number of carboxylic acids is 1. The second-order valence-electron chi connectivity index (χ2n) is 5.47. The fourth-order valence-corrected chi connectivity index (χ4v) is 3.04. The molecule has 0 atom stereocenters. The second-order valence-corrected chi connectivity index (χ2v) is 6.62. The van der Waals surface area contributed by atoms with E-state index in [4.69, 9.17) is 9.84 Å². The average molecular weight is 338 g/mol. The van der Waals surface area contributed by atoms with Crippen LogP contribution in [0.3, 0.4) is 0 Å². The third kappa shape index (κ3) is 6.60. The fourth-order valence-electron chi connectivity index (χ4n) is 2.25. The minimum Gasteiger partial charge on any atom is -0.475 e. The highest BCUT2D eigenvalue weighted by Crippen LogP contribution is 2.32. The second kappa shape index (κ2) is 9.44. The summed E-state index contributed by atoms with van der Waals surface area (Å²) >= 11 is 0. The van der Waals surface area contributed by atoms with Gasteiger partial charge in [0.05, 0.1) is 6.61 Å². The van der Waals surface area contributed by atoms with E-state index in [0.717, 1.165) is 19.3 Å². The summed E-state index contributed by atoms with van der Waals surface area (Å²) in [6.45, 7) is 2.28. The van der Waals surface area contributed by atoms with E-state index in [9.17, 15) is 13.2 Å². The first-order valence-electron chi connectivity index (χ1n) is 7.95. The molecule has 0 radical (unpaired) electrons. The smallest absolute Gasteiger partial charge is 0.419 e. The summed E-state index contributed by atoms with van der Waals surface area (Å²) in [6.07, 6.45) is 11.4. The van der Waals surface area contributed by atoms with E-state index in [1.54, 1.807) is 0 Å². The molecule has 0 bridgehead atoms. The van der Waals surface area contributed by atoms with E-state index in [2.05, 4.69) is 15.3 Å². The Morgan fingerprint density at radius 2 is 1.41 bits per heavy atom. The lowest BCUT2D eigenvalue weighted by atomic mass is 10.1. The van der Waals surface area contributed by atoms with Crippen molar-refractivity contribution in [1.82, 2.24) is 0 Å². The Hall–Kier alpha value is -0.700. The number of carboxylic acid groups (broad SMARTS) is 1. The summed E-state index contributed by atoms with van der Waals surface area (Å²) in [5.41, 5.74) is 0. The van der Waals surface area contributed by atoms with Crippen LogP contribution in [0.25, 0.3) is 0 Å². The maximum Gasteiger partial charge on any atom is 0.419 e. The van der Waals surface area contributed by atoms with Crippen molar-refractivity contribution in [2.24, 2.45) is 0 Å². The molecule has 1 N–H and O–H groups in total. The molecule has 0 aromatic rings. The predicted molar refractivity (Wildman–Crippen MR) is 79.3 cm³/mol. The van der Waals surface area contributed by atoms with Crippen LogP contribution in [0, 0.1) is 0 Å². The number of unbranched alkanes of at least 4 members (excludes halogenated alkanes) is 9. The van der Waals surface area contributed by atoms with Crippen LogP contribution in [-0.2, 0) is 28.3 Å². The van der Waals surface area contributed by atoms with Gasteiger partial charge >= 0.3 is 22.3 Å². The molecule has 1 saturated heterocycles. The Balaban J connectivity index is 1.98. The number of hydrogen-bond donors (Lipinski definition) is 1. The van der Waals surface area contributed by atoms with E-state index < -0.39 is 22.3 Å². The lowest BCUT2D eigenvalue weighted by Gasteiger charge is -2.33. The Morgan fingerprint density at radius 3 is 1.82 bits per heavy atom. The molecular formula is C14H26O7S. The number of aliphatic carboxylic acids is 1. The molecule has 130 valence electrons. The zero-order valence-corrected chi connectivity index (χ0v) is 13.9. The molecule has 0 spiro atoms.